The molecule has 1 amide bonds. The molecule has 0 bridgehead atoms. The first kappa shape index (κ1) is 24.0. The van der Waals surface area contributed by atoms with Crippen LogP contribution in [0.5, 0.6) is 0 Å². The van der Waals surface area contributed by atoms with Gasteiger partial charge < -0.3 is 4.74 Å². The summed E-state index contributed by atoms with van der Waals surface area (Å²) in [6.07, 6.45) is 1.57. The van der Waals surface area contributed by atoms with Gasteiger partial charge in [-0.25, -0.2) is 0 Å². The molecule has 0 aliphatic rings. The Morgan fingerprint density at radius 3 is 2.27 bits per heavy atom. The molecule has 2 rings (SSSR count). The highest BCUT2D eigenvalue weighted by Gasteiger charge is 2.27. The smallest absolute Gasteiger partial charge is 0.309 e. The minimum atomic E-state index is -0.473. The lowest BCUT2D eigenvalue weighted by Gasteiger charge is -2.25. The van der Waals surface area contributed by atoms with Crippen LogP contribution < -0.4 is 4.72 Å². The fourth-order valence-corrected chi connectivity index (χ4v) is 3.85. The molecular weight excluding hydrogens is 394 g/mol. The largest absolute Gasteiger partial charge is 0.460 e. The second kappa shape index (κ2) is 11.2. The van der Waals surface area contributed by atoms with Gasteiger partial charge in [0, 0.05) is 11.3 Å². The third kappa shape index (κ3) is 7.52. The maximum absolute atomic E-state index is 12.7. The van der Waals surface area contributed by atoms with Gasteiger partial charge in [-0.1, -0.05) is 74.3 Å². The summed E-state index contributed by atoms with van der Waals surface area (Å²) < 4.78 is 8.50. The molecule has 0 aliphatic carbocycles. The van der Waals surface area contributed by atoms with Crippen molar-refractivity contribution in [1.29, 1.82) is 0 Å². The van der Waals surface area contributed by atoms with Crippen LogP contribution in [0.15, 0.2) is 54.6 Å². The normalized spacial score (nSPS) is 12.5. The zero-order chi connectivity index (χ0) is 22.1. The molecule has 30 heavy (non-hydrogen) atoms. The maximum Gasteiger partial charge on any atom is 0.309 e. The number of benzene rings is 2. The zero-order valence-electron chi connectivity index (χ0n) is 18.6. The molecule has 1 unspecified atom stereocenters. The molecular formula is C25H33NO3S. The van der Waals surface area contributed by atoms with E-state index in [0.29, 0.717) is 5.56 Å². The predicted octanol–water partition coefficient (Wildman–Crippen LogP) is 6.13. The number of carbonyl (C=O) groups is 2. The van der Waals surface area contributed by atoms with Crippen LogP contribution in [-0.4, -0.2) is 23.2 Å². The molecule has 0 aliphatic heterocycles. The van der Waals surface area contributed by atoms with Gasteiger partial charge >= 0.3 is 5.97 Å². The summed E-state index contributed by atoms with van der Waals surface area (Å²) in [4.78, 5) is 25.1. The summed E-state index contributed by atoms with van der Waals surface area (Å²) in [6, 6.07) is 17.5. The maximum atomic E-state index is 12.7. The molecule has 0 heterocycles. The topological polar surface area (TPSA) is 55.4 Å². The number of hydrogen-bond donors (Lipinski definition) is 1. The van der Waals surface area contributed by atoms with Gasteiger partial charge in [-0.2, -0.15) is 0 Å². The van der Waals surface area contributed by atoms with E-state index in [1.807, 2.05) is 89.2 Å². The molecule has 0 fully saturated rings. The van der Waals surface area contributed by atoms with Crippen molar-refractivity contribution in [3.05, 3.63) is 60.2 Å². The molecule has 162 valence electrons. The van der Waals surface area contributed by atoms with Gasteiger partial charge in [-0.3, -0.25) is 14.3 Å². The Morgan fingerprint density at radius 2 is 1.63 bits per heavy atom. The first-order valence-corrected chi connectivity index (χ1v) is 11.5. The van der Waals surface area contributed by atoms with E-state index in [9.17, 15) is 9.59 Å². The van der Waals surface area contributed by atoms with Crippen molar-refractivity contribution < 1.29 is 14.3 Å². The number of ether oxygens (including phenoxy) is 1. The Morgan fingerprint density at radius 1 is 1.00 bits per heavy atom. The Kier molecular flexibility index (Phi) is 8.97. The van der Waals surface area contributed by atoms with Crippen LogP contribution in [0.2, 0.25) is 0 Å². The van der Waals surface area contributed by atoms with Crippen molar-refractivity contribution in [3.63, 3.8) is 0 Å². The van der Waals surface area contributed by atoms with Gasteiger partial charge in [0.2, 0.25) is 0 Å². The average molecular weight is 428 g/mol. The number of esters is 1. The summed E-state index contributed by atoms with van der Waals surface area (Å²) in [7, 11) is 0. The van der Waals surface area contributed by atoms with Crippen LogP contribution in [0.3, 0.4) is 0 Å². The van der Waals surface area contributed by atoms with Gasteiger partial charge in [-0.05, 0) is 56.7 Å². The van der Waals surface area contributed by atoms with Crippen molar-refractivity contribution >= 4 is 23.8 Å². The highest BCUT2D eigenvalue weighted by molar-refractivity contribution is 7.97. The van der Waals surface area contributed by atoms with Crippen LogP contribution in [-0.2, 0) is 9.53 Å². The first-order chi connectivity index (χ1) is 14.2. The van der Waals surface area contributed by atoms with Gasteiger partial charge in [0.25, 0.3) is 5.91 Å². The fourth-order valence-electron chi connectivity index (χ4n) is 3.20. The monoisotopic (exact) mass is 427 g/mol. The molecule has 0 saturated heterocycles. The van der Waals surface area contributed by atoms with E-state index < -0.39 is 5.60 Å². The van der Waals surface area contributed by atoms with E-state index in [1.54, 1.807) is 0 Å². The van der Waals surface area contributed by atoms with Crippen LogP contribution in [0, 0.1) is 11.8 Å². The van der Waals surface area contributed by atoms with Crippen molar-refractivity contribution in [2.45, 2.75) is 53.1 Å². The van der Waals surface area contributed by atoms with Gasteiger partial charge in [0.05, 0.1) is 5.92 Å². The second-order valence-corrected chi connectivity index (χ2v) is 9.62. The van der Waals surface area contributed by atoms with E-state index in [2.05, 4.69) is 4.72 Å². The SMILES string of the molecule is CC(C)C(CCCSNC(=O)c1ccccc1-c1ccccc1)C(=O)OC(C)(C)C. The molecule has 1 atom stereocenters. The molecule has 0 radical (unpaired) electrons. The number of carbonyl (C=O) groups excluding carboxylic acids is 2. The van der Waals surface area contributed by atoms with E-state index in [0.717, 1.165) is 29.7 Å². The van der Waals surface area contributed by atoms with Crippen molar-refractivity contribution in [3.8, 4) is 11.1 Å². The second-order valence-electron chi connectivity index (χ2n) is 8.72. The molecule has 5 heteroatoms. The average Bonchev–Trinajstić information content (AvgIpc) is 2.69. The molecule has 1 N–H and O–H groups in total. The first-order valence-electron chi connectivity index (χ1n) is 10.5. The van der Waals surface area contributed by atoms with Gasteiger partial charge in [0.15, 0.2) is 0 Å². The number of rotatable bonds is 9. The molecule has 2 aromatic carbocycles. The van der Waals surface area contributed by atoms with E-state index in [1.165, 1.54) is 11.9 Å². The lowest BCUT2D eigenvalue weighted by molar-refractivity contribution is -0.161. The Balaban J connectivity index is 1.86. The minimum Gasteiger partial charge on any atom is -0.460 e. The lowest BCUT2D eigenvalue weighted by Crippen LogP contribution is -2.31. The molecule has 0 spiro atoms. The van der Waals surface area contributed by atoms with Crippen molar-refractivity contribution in [2.75, 3.05) is 5.75 Å². The van der Waals surface area contributed by atoms with Crippen LogP contribution in [0.25, 0.3) is 11.1 Å². The van der Waals surface area contributed by atoms with E-state index in [4.69, 9.17) is 4.74 Å². The van der Waals surface area contributed by atoms with E-state index in [-0.39, 0.29) is 23.7 Å². The molecule has 0 aromatic heterocycles. The third-order valence-corrected chi connectivity index (χ3v) is 5.52. The Labute approximate surface area is 184 Å². The predicted molar refractivity (Wildman–Crippen MR) is 125 cm³/mol. The summed E-state index contributed by atoms with van der Waals surface area (Å²) in [5.41, 5.74) is 2.12. The highest BCUT2D eigenvalue weighted by Crippen LogP contribution is 2.25. The summed E-state index contributed by atoms with van der Waals surface area (Å²) in [5.74, 6) is 0.595. The van der Waals surface area contributed by atoms with Crippen molar-refractivity contribution in [2.24, 2.45) is 11.8 Å². The van der Waals surface area contributed by atoms with Crippen LogP contribution in [0.1, 0.15) is 57.8 Å². The van der Waals surface area contributed by atoms with E-state index >= 15 is 0 Å². The Bertz CT molecular complexity index is 828. The zero-order valence-corrected chi connectivity index (χ0v) is 19.4. The van der Waals surface area contributed by atoms with Crippen LogP contribution in [0.4, 0.5) is 0 Å². The summed E-state index contributed by atoms with van der Waals surface area (Å²) in [5, 5.41) is 0. The highest BCUT2D eigenvalue weighted by atomic mass is 32.2. The molecule has 4 nitrogen and oxygen atoms in total. The van der Waals surface area contributed by atoms with Gasteiger partial charge in [0.1, 0.15) is 5.60 Å². The minimum absolute atomic E-state index is 0.105. The fraction of sp³-hybridized carbons (Fsp3) is 0.440. The van der Waals surface area contributed by atoms with Gasteiger partial charge in [-0.15, -0.1) is 0 Å². The third-order valence-electron chi connectivity index (χ3n) is 4.70. The van der Waals surface area contributed by atoms with Crippen molar-refractivity contribution in [1.82, 2.24) is 4.72 Å². The number of amides is 1. The molecule has 0 saturated carbocycles. The summed E-state index contributed by atoms with van der Waals surface area (Å²) in [6.45, 7) is 9.76. The quantitative estimate of drug-likeness (QED) is 0.297. The van der Waals surface area contributed by atoms with Crippen LogP contribution >= 0.6 is 11.9 Å². The standard InChI is InChI=1S/C25H33NO3S/c1-18(2)20(24(28)29-25(3,4)5)16-11-17-30-26-23(27)22-15-10-9-14-21(22)19-12-7-6-8-13-19/h6-10,12-15,18,20H,11,16-17H2,1-5H3,(H,26,27). The molecule has 2 aromatic rings. The Hall–Kier alpha value is -2.27. The lowest BCUT2D eigenvalue weighted by atomic mass is 9.91. The number of hydrogen-bond acceptors (Lipinski definition) is 4. The summed E-state index contributed by atoms with van der Waals surface area (Å²) >= 11 is 1.39. The number of nitrogens with one attached hydrogen (secondary N) is 1.